The van der Waals surface area contributed by atoms with E-state index in [1.54, 1.807) is 12.4 Å². The van der Waals surface area contributed by atoms with Crippen LogP contribution < -0.4 is 9.80 Å². The molecule has 0 amide bonds. The summed E-state index contributed by atoms with van der Waals surface area (Å²) < 4.78 is 37.7. The first kappa shape index (κ1) is 15.5. The predicted molar refractivity (Wildman–Crippen MR) is 80.4 cm³/mol. The fourth-order valence-electron chi connectivity index (χ4n) is 2.51. The van der Waals surface area contributed by atoms with Gasteiger partial charge >= 0.3 is 6.18 Å². The maximum Gasteiger partial charge on any atom is 0.417 e. The van der Waals surface area contributed by atoms with E-state index in [1.807, 2.05) is 11.8 Å². The predicted octanol–water partition coefficient (Wildman–Crippen LogP) is 2.53. The zero-order valence-electron chi connectivity index (χ0n) is 12.6. The van der Waals surface area contributed by atoms with E-state index in [1.165, 1.54) is 6.07 Å². The summed E-state index contributed by atoms with van der Waals surface area (Å²) in [6.07, 6.45) is -0.0489. The van der Waals surface area contributed by atoms with E-state index in [0.717, 1.165) is 36.9 Å². The Morgan fingerprint density at radius 3 is 2.09 bits per heavy atom. The summed E-state index contributed by atoms with van der Waals surface area (Å²) in [6.45, 7) is 4.68. The van der Waals surface area contributed by atoms with Crippen LogP contribution in [0.25, 0.3) is 0 Å². The fourth-order valence-corrected chi connectivity index (χ4v) is 2.51. The van der Waals surface area contributed by atoms with E-state index in [9.17, 15) is 13.2 Å². The zero-order chi connectivity index (χ0) is 16.4. The highest BCUT2D eigenvalue weighted by Gasteiger charge is 2.31. The normalized spacial score (nSPS) is 15.8. The number of hydrogen-bond acceptors (Lipinski definition) is 5. The molecular weight excluding hydrogens is 307 g/mol. The third kappa shape index (κ3) is 3.52. The van der Waals surface area contributed by atoms with Crippen LogP contribution in [0.1, 0.15) is 11.3 Å². The first-order chi connectivity index (χ1) is 10.9. The van der Waals surface area contributed by atoms with Gasteiger partial charge in [0, 0.05) is 38.6 Å². The van der Waals surface area contributed by atoms with Gasteiger partial charge in [-0.3, -0.25) is 4.98 Å². The van der Waals surface area contributed by atoms with Gasteiger partial charge in [0.05, 0.1) is 17.5 Å². The van der Waals surface area contributed by atoms with E-state index in [4.69, 9.17) is 0 Å². The summed E-state index contributed by atoms with van der Waals surface area (Å²) >= 11 is 0. The average Bonchev–Trinajstić information content (AvgIpc) is 2.54. The number of nitrogens with zero attached hydrogens (tertiary/aromatic N) is 5. The first-order valence-corrected chi connectivity index (χ1v) is 7.25. The summed E-state index contributed by atoms with van der Waals surface area (Å²) in [4.78, 5) is 16.6. The van der Waals surface area contributed by atoms with Crippen molar-refractivity contribution in [3.05, 3.63) is 42.0 Å². The number of alkyl halides is 3. The van der Waals surface area contributed by atoms with Crippen LogP contribution in [0.3, 0.4) is 0 Å². The molecule has 1 aliphatic rings. The molecular formula is C15H16F3N5. The van der Waals surface area contributed by atoms with Crippen LogP contribution in [-0.2, 0) is 6.18 Å². The minimum atomic E-state index is -4.35. The molecule has 0 unspecified atom stereocenters. The van der Waals surface area contributed by atoms with Crippen molar-refractivity contribution in [2.75, 3.05) is 36.0 Å². The maximum absolute atomic E-state index is 12.6. The Hall–Kier alpha value is -2.38. The molecule has 2 aromatic rings. The molecule has 0 N–H and O–H groups in total. The van der Waals surface area contributed by atoms with Crippen LogP contribution >= 0.6 is 0 Å². The Morgan fingerprint density at radius 2 is 1.57 bits per heavy atom. The summed E-state index contributed by atoms with van der Waals surface area (Å²) in [7, 11) is 0. The SMILES string of the molecule is Cc1cncc(N2CCN(c3ccc(C(F)(F)F)cn3)CC2)n1. The molecule has 122 valence electrons. The Balaban J connectivity index is 1.65. The molecule has 1 aliphatic heterocycles. The quantitative estimate of drug-likeness (QED) is 0.850. The number of rotatable bonds is 2. The van der Waals surface area contributed by atoms with Crippen LogP contribution in [0.2, 0.25) is 0 Å². The Kier molecular flexibility index (Phi) is 4.06. The summed E-state index contributed by atoms with van der Waals surface area (Å²) in [5, 5.41) is 0. The monoisotopic (exact) mass is 323 g/mol. The van der Waals surface area contributed by atoms with Crippen molar-refractivity contribution < 1.29 is 13.2 Å². The standard InChI is InChI=1S/C15H16F3N5/c1-11-8-19-10-14(21-11)23-6-4-22(5-7-23)13-3-2-12(9-20-13)15(16,17)18/h2-3,8-10H,4-7H2,1H3. The van der Waals surface area contributed by atoms with Crippen molar-refractivity contribution in [3.63, 3.8) is 0 Å². The molecule has 0 aliphatic carbocycles. The number of aryl methyl sites for hydroxylation is 1. The van der Waals surface area contributed by atoms with Crippen molar-refractivity contribution in [2.45, 2.75) is 13.1 Å². The van der Waals surface area contributed by atoms with Crippen molar-refractivity contribution >= 4 is 11.6 Å². The molecule has 0 atom stereocenters. The number of aromatic nitrogens is 3. The average molecular weight is 323 g/mol. The lowest BCUT2D eigenvalue weighted by Gasteiger charge is -2.36. The molecule has 8 heteroatoms. The minimum absolute atomic E-state index is 0.563. The van der Waals surface area contributed by atoms with Crippen molar-refractivity contribution in [1.82, 2.24) is 15.0 Å². The van der Waals surface area contributed by atoms with E-state index in [-0.39, 0.29) is 0 Å². The van der Waals surface area contributed by atoms with Crippen molar-refractivity contribution in [1.29, 1.82) is 0 Å². The molecule has 5 nitrogen and oxygen atoms in total. The van der Waals surface area contributed by atoms with Gasteiger partial charge in [-0.15, -0.1) is 0 Å². The lowest BCUT2D eigenvalue weighted by atomic mass is 10.2. The molecule has 1 fully saturated rings. The number of halogens is 3. The fraction of sp³-hybridized carbons (Fsp3) is 0.400. The highest BCUT2D eigenvalue weighted by atomic mass is 19.4. The van der Waals surface area contributed by atoms with E-state index < -0.39 is 11.7 Å². The largest absolute Gasteiger partial charge is 0.417 e. The smallest absolute Gasteiger partial charge is 0.353 e. The third-order valence-electron chi connectivity index (χ3n) is 3.75. The summed E-state index contributed by atoms with van der Waals surface area (Å²) in [6, 6.07) is 2.49. The molecule has 23 heavy (non-hydrogen) atoms. The zero-order valence-corrected chi connectivity index (χ0v) is 12.6. The van der Waals surface area contributed by atoms with Crippen molar-refractivity contribution in [3.8, 4) is 0 Å². The second-order valence-electron chi connectivity index (χ2n) is 5.40. The molecule has 0 spiro atoms. The van der Waals surface area contributed by atoms with Gasteiger partial charge in [0.2, 0.25) is 0 Å². The first-order valence-electron chi connectivity index (χ1n) is 7.25. The van der Waals surface area contributed by atoms with Crippen LogP contribution in [0.15, 0.2) is 30.7 Å². The summed E-state index contributed by atoms with van der Waals surface area (Å²) in [5.41, 5.74) is 0.129. The number of piperazine rings is 1. The lowest BCUT2D eigenvalue weighted by Crippen LogP contribution is -2.47. The molecule has 3 rings (SSSR count). The van der Waals surface area contributed by atoms with Crippen LogP contribution in [0.4, 0.5) is 24.8 Å². The number of hydrogen-bond donors (Lipinski definition) is 0. The Morgan fingerprint density at radius 1 is 0.913 bits per heavy atom. The van der Waals surface area contributed by atoms with Gasteiger partial charge in [0.1, 0.15) is 11.6 Å². The molecule has 0 bridgehead atoms. The molecule has 0 radical (unpaired) electrons. The van der Waals surface area contributed by atoms with Gasteiger partial charge < -0.3 is 9.80 Å². The van der Waals surface area contributed by atoms with Gasteiger partial charge in [-0.25, -0.2) is 9.97 Å². The maximum atomic E-state index is 12.6. The Bertz CT molecular complexity index is 664. The van der Waals surface area contributed by atoms with Crippen LogP contribution in [0, 0.1) is 6.92 Å². The highest BCUT2D eigenvalue weighted by Crippen LogP contribution is 2.29. The van der Waals surface area contributed by atoms with Crippen LogP contribution in [-0.4, -0.2) is 41.1 Å². The van der Waals surface area contributed by atoms with E-state index in [0.29, 0.717) is 18.9 Å². The topological polar surface area (TPSA) is 45.2 Å². The lowest BCUT2D eigenvalue weighted by molar-refractivity contribution is -0.137. The Labute approximate surface area is 131 Å². The molecule has 3 heterocycles. The second-order valence-corrected chi connectivity index (χ2v) is 5.40. The highest BCUT2D eigenvalue weighted by molar-refractivity contribution is 5.44. The van der Waals surface area contributed by atoms with Crippen LogP contribution in [0.5, 0.6) is 0 Å². The van der Waals surface area contributed by atoms with Gasteiger partial charge in [0.25, 0.3) is 0 Å². The number of anilines is 2. The van der Waals surface area contributed by atoms with Gasteiger partial charge in [-0.2, -0.15) is 13.2 Å². The third-order valence-corrected chi connectivity index (χ3v) is 3.75. The molecule has 0 aromatic carbocycles. The molecule has 2 aromatic heterocycles. The van der Waals surface area contributed by atoms with Gasteiger partial charge in [-0.05, 0) is 19.1 Å². The number of pyridine rings is 1. The summed E-state index contributed by atoms with van der Waals surface area (Å²) in [5.74, 6) is 1.39. The van der Waals surface area contributed by atoms with E-state index in [2.05, 4.69) is 19.9 Å². The van der Waals surface area contributed by atoms with Crippen molar-refractivity contribution in [2.24, 2.45) is 0 Å². The second kappa shape index (κ2) is 6.02. The molecule has 1 saturated heterocycles. The molecule has 0 saturated carbocycles. The van der Waals surface area contributed by atoms with Gasteiger partial charge in [0.15, 0.2) is 0 Å². The minimum Gasteiger partial charge on any atom is -0.353 e. The van der Waals surface area contributed by atoms with E-state index >= 15 is 0 Å². The van der Waals surface area contributed by atoms with Gasteiger partial charge in [-0.1, -0.05) is 0 Å².